The number of rotatable bonds is 5. The molecule has 0 aliphatic carbocycles. The molecule has 100 valence electrons. The van der Waals surface area contributed by atoms with Gasteiger partial charge >= 0.3 is 0 Å². The highest BCUT2D eigenvalue weighted by Crippen LogP contribution is 2.03. The number of ether oxygens (including phenoxy) is 1. The van der Waals surface area contributed by atoms with E-state index in [1.807, 2.05) is 11.8 Å². The van der Waals surface area contributed by atoms with E-state index < -0.39 is 0 Å². The second kappa shape index (κ2) is 6.51. The summed E-state index contributed by atoms with van der Waals surface area (Å²) in [6.45, 7) is 5.43. The number of morpholine rings is 1. The van der Waals surface area contributed by atoms with Crippen molar-refractivity contribution in [1.29, 1.82) is 0 Å². The van der Waals surface area contributed by atoms with E-state index in [-0.39, 0.29) is 5.91 Å². The molecule has 2 rings (SSSR count). The van der Waals surface area contributed by atoms with E-state index in [2.05, 4.69) is 10.3 Å². The molecular weight excluding hydrogens is 234 g/mol. The molecule has 0 radical (unpaired) electrons. The Kier molecular flexibility index (Phi) is 4.72. The molecule has 18 heavy (non-hydrogen) atoms. The fourth-order valence-electron chi connectivity index (χ4n) is 1.79. The Bertz CT molecular complexity index is 386. The topological polar surface area (TPSA) is 67.6 Å². The van der Waals surface area contributed by atoms with Crippen LogP contribution < -0.4 is 5.32 Å². The summed E-state index contributed by atoms with van der Waals surface area (Å²) in [5.41, 5.74) is 0. The van der Waals surface area contributed by atoms with E-state index in [9.17, 15) is 4.79 Å². The number of carbonyl (C=O) groups is 1. The summed E-state index contributed by atoms with van der Waals surface area (Å²) in [5.74, 6) is 1.59. The normalized spacial score (nSPS) is 15.9. The molecule has 1 amide bonds. The third-order valence-corrected chi connectivity index (χ3v) is 2.87. The maximum absolute atomic E-state index is 11.8. The molecule has 2 heterocycles. The molecule has 1 saturated heterocycles. The Morgan fingerprint density at radius 2 is 2.28 bits per heavy atom. The number of carbonyl (C=O) groups excluding carboxylic acids is 1. The van der Waals surface area contributed by atoms with E-state index in [1.54, 1.807) is 6.20 Å². The van der Waals surface area contributed by atoms with Crippen molar-refractivity contribution in [2.75, 3.05) is 32.8 Å². The molecular formula is C12H19N3O3. The van der Waals surface area contributed by atoms with Crippen molar-refractivity contribution in [3.8, 4) is 0 Å². The highest BCUT2D eigenvalue weighted by atomic mass is 16.5. The smallest absolute Gasteiger partial charge is 0.236 e. The van der Waals surface area contributed by atoms with Gasteiger partial charge in [0.15, 0.2) is 0 Å². The van der Waals surface area contributed by atoms with Gasteiger partial charge in [0.1, 0.15) is 5.76 Å². The number of aromatic nitrogens is 1. The zero-order valence-corrected chi connectivity index (χ0v) is 10.6. The molecule has 0 atom stereocenters. The fourth-order valence-corrected chi connectivity index (χ4v) is 1.79. The van der Waals surface area contributed by atoms with E-state index >= 15 is 0 Å². The summed E-state index contributed by atoms with van der Waals surface area (Å²) >= 11 is 0. The Balaban J connectivity index is 1.69. The Morgan fingerprint density at radius 3 is 2.94 bits per heavy atom. The van der Waals surface area contributed by atoms with Crippen LogP contribution in [0.5, 0.6) is 0 Å². The van der Waals surface area contributed by atoms with Crippen molar-refractivity contribution in [2.45, 2.75) is 19.9 Å². The molecule has 0 saturated carbocycles. The van der Waals surface area contributed by atoms with Gasteiger partial charge in [-0.3, -0.25) is 10.1 Å². The van der Waals surface area contributed by atoms with Crippen molar-refractivity contribution >= 4 is 5.91 Å². The summed E-state index contributed by atoms with van der Waals surface area (Å²) < 4.78 is 10.6. The number of aryl methyl sites for hydroxylation is 1. The van der Waals surface area contributed by atoms with Crippen molar-refractivity contribution in [3.63, 3.8) is 0 Å². The highest BCUT2D eigenvalue weighted by molar-refractivity contribution is 5.78. The summed E-state index contributed by atoms with van der Waals surface area (Å²) in [7, 11) is 0. The van der Waals surface area contributed by atoms with Crippen LogP contribution >= 0.6 is 0 Å². The minimum atomic E-state index is 0.0978. The number of hydrogen-bond donors (Lipinski definition) is 1. The average molecular weight is 253 g/mol. The van der Waals surface area contributed by atoms with Crippen LogP contribution in [0.25, 0.3) is 0 Å². The molecule has 1 aliphatic heterocycles. The molecule has 0 spiro atoms. The van der Waals surface area contributed by atoms with Gasteiger partial charge in [0.05, 0.1) is 32.5 Å². The van der Waals surface area contributed by atoms with Crippen LogP contribution in [-0.4, -0.2) is 48.6 Å². The fraction of sp³-hybridized carbons (Fsp3) is 0.667. The lowest BCUT2D eigenvalue weighted by Gasteiger charge is -2.26. The first kappa shape index (κ1) is 13.0. The lowest BCUT2D eigenvalue weighted by molar-refractivity contribution is -0.134. The lowest BCUT2D eigenvalue weighted by Crippen LogP contribution is -2.44. The molecule has 0 unspecified atom stereocenters. The first-order valence-corrected chi connectivity index (χ1v) is 6.29. The van der Waals surface area contributed by atoms with Gasteiger partial charge in [-0.1, -0.05) is 6.92 Å². The van der Waals surface area contributed by atoms with Gasteiger partial charge in [0.2, 0.25) is 11.8 Å². The van der Waals surface area contributed by atoms with Crippen molar-refractivity contribution in [1.82, 2.24) is 15.2 Å². The van der Waals surface area contributed by atoms with Gasteiger partial charge in [0.25, 0.3) is 0 Å². The van der Waals surface area contributed by atoms with Gasteiger partial charge in [-0.25, -0.2) is 4.98 Å². The van der Waals surface area contributed by atoms with Gasteiger partial charge in [-0.05, 0) is 0 Å². The van der Waals surface area contributed by atoms with Crippen LogP contribution in [0.3, 0.4) is 0 Å². The van der Waals surface area contributed by atoms with Crippen LogP contribution in [0.4, 0.5) is 0 Å². The minimum absolute atomic E-state index is 0.0978. The Morgan fingerprint density at radius 1 is 1.50 bits per heavy atom. The van der Waals surface area contributed by atoms with E-state index in [0.717, 1.165) is 12.2 Å². The van der Waals surface area contributed by atoms with Gasteiger partial charge in [-0.15, -0.1) is 0 Å². The molecule has 6 heteroatoms. The largest absolute Gasteiger partial charge is 0.444 e. The summed E-state index contributed by atoms with van der Waals surface area (Å²) in [6.07, 6.45) is 2.56. The van der Waals surface area contributed by atoms with Crippen LogP contribution in [0, 0.1) is 0 Å². The van der Waals surface area contributed by atoms with E-state index in [0.29, 0.717) is 45.3 Å². The summed E-state index contributed by atoms with van der Waals surface area (Å²) in [5, 5.41) is 3.05. The van der Waals surface area contributed by atoms with Gasteiger partial charge in [0, 0.05) is 19.5 Å². The number of hydrogen-bond acceptors (Lipinski definition) is 5. The zero-order chi connectivity index (χ0) is 12.8. The third-order valence-electron chi connectivity index (χ3n) is 2.87. The monoisotopic (exact) mass is 253 g/mol. The number of nitrogens with zero attached hydrogens (tertiary/aromatic N) is 2. The standard InChI is InChI=1S/C12H19N3O3/c1-2-10-7-14-11(18-10)8-13-9-12(16)15-3-5-17-6-4-15/h7,13H,2-6,8-9H2,1H3. The second-order valence-corrected chi connectivity index (χ2v) is 4.17. The SMILES string of the molecule is CCc1cnc(CNCC(=O)N2CCOCC2)o1. The average Bonchev–Trinajstić information content (AvgIpc) is 2.87. The quantitative estimate of drug-likeness (QED) is 0.811. The summed E-state index contributed by atoms with van der Waals surface area (Å²) in [4.78, 5) is 17.7. The Labute approximate surface area is 106 Å². The third kappa shape index (κ3) is 3.54. The zero-order valence-electron chi connectivity index (χ0n) is 10.6. The molecule has 1 aliphatic rings. The van der Waals surface area contributed by atoms with E-state index in [4.69, 9.17) is 9.15 Å². The first-order chi connectivity index (χ1) is 8.79. The summed E-state index contributed by atoms with van der Waals surface area (Å²) in [6, 6.07) is 0. The molecule has 1 fully saturated rings. The molecule has 0 aromatic carbocycles. The number of amides is 1. The van der Waals surface area contributed by atoms with Gasteiger partial charge in [-0.2, -0.15) is 0 Å². The highest BCUT2D eigenvalue weighted by Gasteiger charge is 2.16. The maximum atomic E-state index is 11.8. The predicted molar refractivity (Wildman–Crippen MR) is 65.0 cm³/mol. The molecule has 0 bridgehead atoms. The van der Waals surface area contributed by atoms with Gasteiger partial charge < -0.3 is 14.1 Å². The molecule has 1 aromatic heterocycles. The number of nitrogens with one attached hydrogen (secondary N) is 1. The van der Waals surface area contributed by atoms with Crippen molar-refractivity contribution in [2.24, 2.45) is 0 Å². The van der Waals surface area contributed by atoms with E-state index in [1.165, 1.54) is 0 Å². The van der Waals surface area contributed by atoms with Crippen molar-refractivity contribution < 1.29 is 13.9 Å². The lowest BCUT2D eigenvalue weighted by atomic mass is 10.4. The van der Waals surface area contributed by atoms with Crippen LogP contribution in [-0.2, 0) is 22.5 Å². The van der Waals surface area contributed by atoms with Crippen molar-refractivity contribution in [3.05, 3.63) is 17.8 Å². The minimum Gasteiger partial charge on any atom is -0.444 e. The Hall–Kier alpha value is -1.40. The van der Waals surface area contributed by atoms with Crippen LogP contribution in [0.1, 0.15) is 18.6 Å². The predicted octanol–water partition coefficient (Wildman–Crippen LogP) is 0.185. The van der Waals surface area contributed by atoms with Crippen LogP contribution in [0.2, 0.25) is 0 Å². The molecule has 1 aromatic rings. The molecule has 1 N–H and O–H groups in total. The molecule has 6 nitrogen and oxygen atoms in total. The van der Waals surface area contributed by atoms with Crippen LogP contribution in [0.15, 0.2) is 10.6 Å². The maximum Gasteiger partial charge on any atom is 0.236 e. The first-order valence-electron chi connectivity index (χ1n) is 6.29. The second-order valence-electron chi connectivity index (χ2n) is 4.17. The number of oxazole rings is 1.